The molecule has 21 heavy (non-hydrogen) atoms. The maximum Gasteiger partial charge on any atom is 0.328 e. The van der Waals surface area contributed by atoms with Crippen LogP contribution in [0.15, 0.2) is 30.3 Å². The quantitative estimate of drug-likeness (QED) is 0.749. The molecule has 0 aliphatic carbocycles. The lowest BCUT2D eigenvalue weighted by Gasteiger charge is -2.17. The van der Waals surface area contributed by atoms with Crippen molar-refractivity contribution in [1.82, 2.24) is 5.32 Å². The summed E-state index contributed by atoms with van der Waals surface area (Å²) in [7, 11) is 1.35. The van der Waals surface area contributed by atoms with Crippen molar-refractivity contribution in [3.05, 3.63) is 35.9 Å². The highest BCUT2D eigenvalue weighted by Gasteiger charge is 2.21. The fourth-order valence-electron chi connectivity index (χ4n) is 2.17. The molecule has 0 bridgehead atoms. The van der Waals surface area contributed by atoms with Gasteiger partial charge in [-0.15, -0.1) is 0 Å². The van der Waals surface area contributed by atoms with Gasteiger partial charge in [0.15, 0.2) is 0 Å². The van der Waals surface area contributed by atoms with E-state index in [1.807, 2.05) is 32.0 Å². The van der Waals surface area contributed by atoms with Crippen LogP contribution in [0.25, 0.3) is 0 Å². The highest BCUT2D eigenvalue weighted by molar-refractivity contribution is 5.84. The summed E-state index contributed by atoms with van der Waals surface area (Å²) < 4.78 is 4.77. The molecule has 0 radical (unpaired) electrons. The molecule has 1 N–H and O–H groups in total. The number of benzene rings is 1. The molecule has 0 saturated carbocycles. The Kier molecular flexibility index (Phi) is 7.51. The van der Waals surface area contributed by atoms with Crippen molar-refractivity contribution in [3.63, 3.8) is 0 Å². The maximum absolute atomic E-state index is 11.8. The molecule has 0 unspecified atom stereocenters. The molecule has 1 rings (SSSR count). The maximum atomic E-state index is 11.8. The summed E-state index contributed by atoms with van der Waals surface area (Å²) in [6.07, 6.45) is 2.72. The number of ether oxygens (including phenoxy) is 1. The fraction of sp³-hybridized carbons (Fsp3) is 0.529. The molecule has 4 heteroatoms. The molecule has 0 heterocycles. The topological polar surface area (TPSA) is 55.4 Å². The van der Waals surface area contributed by atoms with Crippen molar-refractivity contribution >= 4 is 11.9 Å². The van der Waals surface area contributed by atoms with Gasteiger partial charge in [-0.1, -0.05) is 44.2 Å². The minimum Gasteiger partial charge on any atom is -0.467 e. The molecule has 116 valence electrons. The Balaban J connectivity index is 2.46. The first-order valence-electron chi connectivity index (χ1n) is 7.44. The molecular formula is C17H25NO3. The van der Waals surface area contributed by atoms with E-state index in [0.29, 0.717) is 12.8 Å². The number of rotatable bonds is 8. The summed E-state index contributed by atoms with van der Waals surface area (Å²) in [5, 5.41) is 2.77. The van der Waals surface area contributed by atoms with Crippen molar-refractivity contribution in [3.8, 4) is 0 Å². The highest BCUT2D eigenvalue weighted by atomic mass is 16.5. The van der Waals surface area contributed by atoms with Crippen molar-refractivity contribution < 1.29 is 14.3 Å². The van der Waals surface area contributed by atoms with Crippen LogP contribution in [0.3, 0.4) is 0 Å². The van der Waals surface area contributed by atoms with Crippen LogP contribution in [-0.4, -0.2) is 25.0 Å². The molecule has 0 fully saturated rings. The molecule has 1 aromatic rings. The Hall–Kier alpha value is -1.84. The predicted molar refractivity (Wildman–Crippen MR) is 82.8 cm³/mol. The lowest BCUT2D eigenvalue weighted by atomic mass is 10.0. The summed E-state index contributed by atoms with van der Waals surface area (Å²) in [5.41, 5.74) is 1.23. The van der Waals surface area contributed by atoms with Gasteiger partial charge in [0.05, 0.1) is 7.11 Å². The van der Waals surface area contributed by atoms with Gasteiger partial charge >= 0.3 is 5.97 Å². The summed E-state index contributed by atoms with van der Waals surface area (Å²) in [4.78, 5) is 23.5. The normalized spacial score (nSPS) is 12.0. The minimum absolute atomic E-state index is 0.0971. The van der Waals surface area contributed by atoms with E-state index in [-0.39, 0.29) is 17.8 Å². The van der Waals surface area contributed by atoms with Gasteiger partial charge in [-0.3, -0.25) is 4.79 Å². The summed E-state index contributed by atoms with van der Waals surface area (Å²) in [6, 6.07) is 9.54. The van der Waals surface area contributed by atoms with Gasteiger partial charge in [0.1, 0.15) is 6.04 Å². The first-order chi connectivity index (χ1) is 10.0. The largest absolute Gasteiger partial charge is 0.467 e. The van der Waals surface area contributed by atoms with E-state index in [2.05, 4.69) is 17.4 Å². The molecule has 0 aromatic heterocycles. The molecule has 0 aliphatic rings. The van der Waals surface area contributed by atoms with Crippen molar-refractivity contribution in [2.75, 3.05) is 7.11 Å². The van der Waals surface area contributed by atoms with E-state index < -0.39 is 6.04 Å². The molecular weight excluding hydrogens is 266 g/mol. The highest BCUT2D eigenvalue weighted by Crippen LogP contribution is 2.08. The van der Waals surface area contributed by atoms with Crippen LogP contribution in [0.1, 0.15) is 38.7 Å². The second kappa shape index (κ2) is 9.16. The van der Waals surface area contributed by atoms with E-state index in [1.54, 1.807) is 0 Å². The van der Waals surface area contributed by atoms with Gasteiger partial charge in [0.25, 0.3) is 0 Å². The standard InChI is InChI=1S/C17H25NO3/c1-13(2)12-16(19)18-15(17(20)21-3)11-7-10-14-8-5-4-6-9-14/h4-6,8-9,13,15H,7,10-12H2,1-3H3,(H,18,19)/t15-/m0/s1. The minimum atomic E-state index is -0.551. The molecule has 1 amide bonds. The fourth-order valence-corrected chi connectivity index (χ4v) is 2.17. The van der Waals surface area contributed by atoms with Crippen LogP contribution < -0.4 is 5.32 Å². The van der Waals surface area contributed by atoms with Crippen molar-refractivity contribution in [1.29, 1.82) is 0 Å². The van der Waals surface area contributed by atoms with Crippen LogP contribution in [0.4, 0.5) is 0 Å². The Bertz CT molecular complexity index is 443. The second-order valence-corrected chi connectivity index (χ2v) is 5.62. The number of hydrogen-bond acceptors (Lipinski definition) is 3. The monoisotopic (exact) mass is 291 g/mol. The van der Waals surface area contributed by atoms with Crippen molar-refractivity contribution in [2.45, 2.75) is 45.6 Å². The van der Waals surface area contributed by atoms with E-state index in [1.165, 1.54) is 12.7 Å². The van der Waals surface area contributed by atoms with Gasteiger partial charge in [0.2, 0.25) is 5.91 Å². The first-order valence-corrected chi connectivity index (χ1v) is 7.44. The number of methoxy groups -OCH3 is 1. The molecule has 1 atom stereocenters. The molecule has 0 saturated heterocycles. The number of carbonyl (C=O) groups is 2. The summed E-state index contributed by atoms with van der Waals surface area (Å²) in [6.45, 7) is 3.95. The molecule has 0 spiro atoms. The van der Waals surface area contributed by atoms with Crippen LogP contribution >= 0.6 is 0 Å². The predicted octanol–water partition coefficient (Wildman–Crippen LogP) is 2.71. The van der Waals surface area contributed by atoms with Gasteiger partial charge in [0, 0.05) is 6.42 Å². The van der Waals surface area contributed by atoms with Crippen molar-refractivity contribution in [2.24, 2.45) is 5.92 Å². The second-order valence-electron chi connectivity index (χ2n) is 5.62. The molecule has 4 nitrogen and oxygen atoms in total. The molecule has 1 aromatic carbocycles. The Morgan fingerprint density at radius 3 is 2.43 bits per heavy atom. The van der Waals surface area contributed by atoms with E-state index in [4.69, 9.17) is 4.74 Å². The van der Waals surface area contributed by atoms with Gasteiger partial charge in [-0.05, 0) is 30.7 Å². The van der Waals surface area contributed by atoms with Gasteiger partial charge in [-0.2, -0.15) is 0 Å². The van der Waals surface area contributed by atoms with E-state index >= 15 is 0 Å². The zero-order chi connectivity index (χ0) is 15.7. The summed E-state index contributed by atoms with van der Waals surface area (Å²) in [5.74, 6) is -0.201. The van der Waals surface area contributed by atoms with Crippen LogP contribution in [0.2, 0.25) is 0 Å². The number of nitrogens with one attached hydrogen (secondary N) is 1. The van der Waals surface area contributed by atoms with Gasteiger partial charge < -0.3 is 10.1 Å². The summed E-state index contributed by atoms with van der Waals surface area (Å²) >= 11 is 0. The zero-order valence-electron chi connectivity index (χ0n) is 13.1. The Labute approximate surface area is 126 Å². The average Bonchev–Trinajstić information content (AvgIpc) is 2.45. The Morgan fingerprint density at radius 1 is 1.19 bits per heavy atom. The zero-order valence-corrected chi connectivity index (χ0v) is 13.1. The van der Waals surface area contributed by atoms with Gasteiger partial charge in [-0.25, -0.2) is 4.79 Å². The lowest BCUT2D eigenvalue weighted by molar-refractivity contribution is -0.145. The third kappa shape index (κ3) is 6.93. The number of aryl methyl sites for hydroxylation is 1. The van der Waals surface area contributed by atoms with Crippen LogP contribution in [0.5, 0.6) is 0 Å². The third-order valence-electron chi connectivity index (χ3n) is 3.22. The third-order valence-corrected chi connectivity index (χ3v) is 3.22. The van der Waals surface area contributed by atoms with E-state index in [0.717, 1.165) is 12.8 Å². The Morgan fingerprint density at radius 2 is 1.86 bits per heavy atom. The smallest absolute Gasteiger partial charge is 0.328 e. The number of amides is 1. The van der Waals surface area contributed by atoms with E-state index in [9.17, 15) is 9.59 Å². The number of hydrogen-bond donors (Lipinski definition) is 1. The first kappa shape index (κ1) is 17.2. The lowest BCUT2D eigenvalue weighted by Crippen LogP contribution is -2.41. The SMILES string of the molecule is COC(=O)[C@H](CCCc1ccccc1)NC(=O)CC(C)C. The van der Waals surface area contributed by atoms with Crippen LogP contribution in [-0.2, 0) is 20.7 Å². The average molecular weight is 291 g/mol. The number of carbonyl (C=O) groups excluding carboxylic acids is 2. The number of esters is 1. The molecule has 0 aliphatic heterocycles. The van der Waals surface area contributed by atoms with Crippen LogP contribution in [0, 0.1) is 5.92 Å².